The molecule has 0 spiro atoms. The summed E-state index contributed by atoms with van der Waals surface area (Å²) < 4.78 is 17.4. The predicted molar refractivity (Wildman–Crippen MR) is 103 cm³/mol. The summed E-state index contributed by atoms with van der Waals surface area (Å²) in [5, 5.41) is 8.67. The van der Waals surface area contributed by atoms with Gasteiger partial charge < -0.3 is 23.7 Å². The molecule has 0 unspecified atom stereocenters. The topological polar surface area (TPSA) is 95.8 Å². The zero-order valence-electron chi connectivity index (χ0n) is 16.4. The van der Waals surface area contributed by atoms with Gasteiger partial charge in [0.1, 0.15) is 18.3 Å². The third-order valence-electron chi connectivity index (χ3n) is 5.11. The second-order valence-corrected chi connectivity index (χ2v) is 6.81. The highest BCUT2D eigenvalue weighted by atomic mass is 16.5. The summed E-state index contributed by atoms with van der Waals surface area (Å²) in [6, 6.07) is 7.56. The Morgan fingerprint density at radius 3 is 2.72 bits per heavy atom. The molecule has 3 heterocycles. The van der Waals surface area contributed by atoms with Crippen LogP contribution in [0.5, 0.6) is 0 Å². The minimum absolute atomic E-state index is 0.0228. The summed E-state index contributed by atoms with van der Waals surface area (Å²) in [7, 11) is 2.54. The van der Waals surface area contributed by atoms with Crippen LogP contribution in [0.1, 0.15) is 18.7 Å². The third kappa shape index (κ3) is 3.49. The molecule has 0 bridgehead atoms. The first-order valence-corrected chi connectivity index (χ1v) is 9.41. The van der Waals surface area contributed by atoms with Crippen LogP contribution in [0.2, 0.25) is 0 Å². The van der Waals surface area contributed by atoms with Crippen molar-refractivity contribution in [2.45, 2.75) is 25.8 Å². The van der Waals surface area contributed by atoms with Crippen LogP contribution in [-0.4, -0.2) is 54.3 Å². The van der Waals surface area contributed by atoms with Gasteiger partial charge in [-0.2, -0.15) is 0 Å². The second kappa shape index (κ2) is 8.04. The smallest absolute Gasteiger partial charge is 0.355 e. The van der Waals surface area contributed by atoms with Crippen molar-refractivity contribution in [1.82, 2.24) is 14.8 Å². The van der Waals surface area contributed by atoms with E-state index in [1.165, 1.54) is 14.2 Å². The Morgan fingerprint density at radius 2 is 1.93 bits per heavy atom. The van der Waals surface area contributed by atoms with Gasteiger partial charge in [-0.3, -0.25) is 0 Å². The Kier molecular flexibility index (Phi) is 5.30. The highest BCUT2D eigenvalue weighted by Crippen LogP contribution is 2.31. The summed E-state index contributed by atoms with van der Waals surface area (Å²) in [6.45, 7) is 0.964. The lowest BCUT2D eigenvalue weighted by molar-refractivity contribution is -0.140. The van der Waals surface area contributed by atoms with E-state index in [0.717, 1.165) is 43.0 Å². The molecule has 152 valence electrons. The molecular weight excluding hydrogens is 376 g/mol. The zero-order valence-corrected chi connectivity index (χ0v) is 16.4. The number of benzene rings is 1. The molecule has 0 aliphatic carbocycles. The minimum atomic E-state index is -0.627. The Hall–Kier alpha value is -3.20. The van der Waals surface area contributed by atoms with Crippen molar-refractivity contribution in [3.8, 4) is 11.4 Å². The van der Waals surface area contributed by atoms with Gasteiger partial charge >= 0.3 is 11.9 Å². The summed E-state index contributed by atoms with van der Waals surface area (Å²) in [5.74, 6) is 0.522. The third-order valence-corrected chi connectivity index (χ3v) is 5.11. The van der Waals surface area contributed by atoms with Crippen molar-refractivity contribution < 1.29 is 23.8 Å². The van der Waals surface area contributed by atoms with E-state index in [0.29, 0.717) is 5.69 Å². The molecule has 2 aromatic rings. The maximum absolute atomic E-state index is 12.5. The molecule has 29 heavy (non-hydrogen) atoms. The first kappa shape index (κ1) is 19.1. The number of esters is 2. The zero-order chi connectivity index (χ0) is 20.4. The Labute approximate surface area is 167 Å². The van der Waals surface area contributed by atoms with Crippen molar-refractivity contribution in [1.29, 1.82) is 0 Å². The molecular formula is C20H22N4O5. The molecule has 0 amide bonds. The van der Waals surface area contributed by atoms with E-state index < -0.39 is 11.9 Å². The molecule has 0 N–H and O–H groups in total. The fourth-order valence-corrected chi connectivity index (χ4v) is 3.68. The number of hydrogen-bond donors (Lipinski definition) is 0. The van der Waals surface area contributed by atoms with Gasteiger partial charge in [0.2, 0.25) is 0 Å². The fourth-order valence-electron chi connectivity index (χ4n) is 3.68. The number of carbonyl (C=O) groups is 2. The second-order valence-electron chi connectivity index (χ2n) is 6.81. The number of methoxy groups -OCH3 is 2. The number of rotatable bonds is 4. The first-order chi connectivity index (χ1) is 14.1. The molecule has 9 heteroatoms. The highest BCUT2D eigenvalue weighted by molar-refractivity contribution is 6.03. The number of carbonyl (C=O) groups excluding carboxylic acids is 2. The fraction of sp³-hybridized carbons (Fsp3) is 0.400. The number of ether oxygens (including phenoxy) is 3. The number of fused-ring (bicyclic) bond motifs is 1. The molecule has 0 fully saturated rings. The number of nitrogens with zero attached hydrogens (tertiary/aromatic N) is 4. The van der Waals surface area contributed by atoms with Crippen molar-refractivity contribution in [2.24, 2.45) is 0 Å². The monoisotopic (exact) mass is 398 g/mol. The highest BCUT2D eigenvalue weighted by Gasteiger charge is 2.32. The Morgan fingerprint density at radius 1 is 1.10 bits per heavy atom. The lowest BCUT2D eigenvalue weighted by Gasteiger charge is -2.31. The van der Waals surface area contributed by atoms with Crippen LogP contribution >= 0.6 is 0 Å². The summed E-state index contributed by atoms with van der Waals surface area (Å²) in [4.78, 5) is 26.3. The normalized spacial score (nSPS) is 16.4. The molecule has 0 saturated carbocycles. The van der Waals surface area contributed by atoms with Crippen LogP contribution in [0.15, 0.2) is 35.5 Å². The lowest BCUT2D eigenvalue weighted by atomic mass is 10.1. The molecule has 0 saturated heterocycles. The maximum atomic E-state index is 12.5. The van der Waals surface area contributed by atoms with Gasteiger partial charge in [-0.05, 0) is 25.0 Å². The van der Waals surface area contributed by atoms with Crippen LogP contribution in [0.4, 0.5) is 5.69 Å². The first-order valence-electron chi connectivity index (χ1n) is 9.41. The van der Waals surface area contributed by atoms with Crippen molar-refractivity contribution >= 4 is 17.6 Å². The van der Waals surface area contributed by atoms with Crippen molar-refractivity contribution in [3.05, 3.63) is 41.4 Å². The largest absolute Gasteiger partial charge is 0.466 e. The molecule has 2 aliphatic heterocycles. The SMILES string of the molecule is COC(=O)C1=C(C(=O)OC)N(c2cccc(-c3nnc4n3CCCC4)c2)COC1. The van der Waals surface area contributed by atoms with Crippen LogP contribution in [0, 0.1) is 0 Å². The van der Waals surface area contributed by atoms with Crippen LogP contribution in [0.25, 0.3) is 11.4 Å². The molecule has 9 nitrogen and oxygen atoms in total. The summed E-state index contributed by atoms with van der Waals surface area (Å²) in [5.41, 5.74) is 1.79. The summed E-state index contributed by atoms with van der Waals surface area (Å²) >= 11 is 0. The molecule has 1 aromatic carbocycles. The molecule has 4 rings (SSSR count). The average Bonchev–Trinajstić information content (AvgIpc) is 3.22. The average molecular weight is 398 g/mol. The summed E-state index contributed by atoms with van der Waals surface area (Å²) in [6.07, 6.45) is 3.13. The molecule has 0 radical (unpaired) electrons. The van der Waals surface area contributed by atoms with Crippen molar-refractivity contribution in [3.63, 3.8) is 0 Å². The van der Waals surface area contributed by atoms with E-state index in [1.807, 2.05) is 24.3 Å². The maximum Gasteiger partial charge on any atom is 0.355 e. The number of aryl methyl sites for hydroxylation is 1. The van der Waals surface area contributed by atoms with Gasteiger partial charge in [-0.25, -0.2) is 9.59 Å². The quantitative estimate of drug-likeness (QED) is 0.718. The van der Waals surface area contributed by atoms with Gasteiger partial charge in [0.05, 0.1) is 26.4 Å². The van der Waals surface area contributed by atoms with Gasteiger partial charge in [-0.15, -0.1) is 10.2 Å². The van der Waals surface area contributed by atoms with E-state index in [-0.39, 0.29) is 24.6 Å². The van der Waals surface area contributed by atoms with Crippen LogP contribution in [-0.2, 0) is 36.8 Å². The van der Waals surface area contributed by atoms with E-state index in [9.17, 15) is 9.59 Å². The Bertz CT molecular complexity index is 981. The molecule has 0 atom stereocenters. The number of aromatic nitrogens is 3. The van der Waals surface area contributed by atoms with Gasteiger partial charge in [0.15, 0.2) is 5.82 Å². The number of anilines is 1. The number of hydrogen-bond acceptors (Lipinski definition) is 8. The standard InChI is InChI=1S/C20H22N4O5/c1-27-19(25)15-11-29-12-24(17(15)20(26)28-2)14-7-5-6-13(10-14)18-22-21-16-8-3-4-9-23(16)18/h5-7,10H,3-4,8-9,11-12H2,1-2H3. The van der Waals surface area contributed by atoms with E-state index in [4.69, 9.17) is 14.2 Å². The van der Waals surface area contributed by atoms with Gasteiger partial charge in [0.25, 0.3) is 0 Å². The Balaban J connectivity index is 1.76. The minimum Gasteiger partial charge on any atom is -0.466 e. The lowest BCUT2D eigenvalue weighted by Crippen LogP contribution is -2.38. The van der Waals surface area contributed by atoms with Crippen LogP contribution in [0.3, 0.4) is 0 Å². The van der Waals surface area contributed by atoms with E-state index in [2.05, 4.69) is 14.8 Å². The van der Waals surface area contributed by atoms with E-state index in [1.54, 1.807) is 4.90 Å². The predicted octanol–water partition coefficient (Wildman–Crippen LogP) is 1.68. The van der Waals surface area contributed by atoms with Crippen molar-refractivity contribution in [2.75, 3.05) is 32.5 Å². The van der Waals surface area contributed by atoms with Crippen LogP contribution < -0.4 is 4.90 Å². The van der Waals surface area contributed by atoms with E-state index >= 15 is 0 Å². The molecule has 1 aromatic heterocycles. The molecule has 2 aliphatic rings. The van der Waals surface area contributed by atoms with Gasteiger partial charge in [-0.1, -0.05) is 12.1 Å². The van der Waals surface area contributed by atoms with Gasteiger partial charge in [0, 0.05) is 24.2 Å².